The molecular weight excluding hydrogens is 208 g/mol. The summed E-state index contributed by atoms with van der Waals surface area (Å²) in [6.07, 6.45) is 7.13. The average Bonchev–Trinajstić information content (AvgIpc) is 2.26. The van der Waals surface area contributed by atoms with E-state index < -0.39 is 0 Å². The van der Waals surface area contributed by atoms with Crippen LogP contribution in [0.5, 0.6) is 0 Å². The zero-order chi connectivity index (χ0) is 9.38. The summed E-state index contributed by atoms with van der Waals surface area (Å²) in [5, 5.41) is 0. The molecule has 0 unspecified atom stereocenters. The Morgan fingerprint density at radius 3 is 1.79 bits per heavy atom. The molecule has 0 radical (unpaired) electrons. The van der Waals surface area contributed by atoms with Crippen molar-refractivity contribution in [1.29, 1.82) is 0 Å². The first-order valence-corrected chi connectivity index (χ1v) is 6.42. The molecule has 2 aliphatic rings. The van der Waals surface area contributed by atoms with Crippen LogP contribution in [-0.4, -0.2) is 0 Å². The Labute approximate surface area is 92.5 Å². The molecule has 70 valence electrons. The van der Waals surface area contributed by atoms with Gasteiger partial charge in [0.1, 0.15) is 0 Å². The van der Waals surface area contributed by atoms with Crippen LogP contribution in [0, 0.1) is 0 Å². The molecule has 1 aromatic rings. The number of benzene rings is 1. The maximum atomic E-state index is 2.36. The van der Waals surface area contributed by atoms with Gasteiger partial charge in [-0.3, -0.25) is 0 Å². The van der Waals surface area contributed by atoms with Gasteiger partial charge in [0.15, 0.2) is 0 Å². The molecule has 0 nitrogen and oxygen atoms in total. The van der Waals surface area contributed by atoms with Gasteiger partial charge < -0.3 is 0 Å². The second-order valence-corrected chi connectivity index (χ2v) is 5.53. The number of hydrogen-bond donors (Lipinski definition) is 0. The maximum absolute atomic E-state index is 2.36. The predicted molar refractivity (Wildman–Crippen MR) is 63.6 cm³/mol. The van der Waals surface area contributed by atoms with Gasteiger partial charge in [-0.1, -0.05) is 47.8 Å². The summed E-state index contributed by atoms with van der Waals surface area (Å²) in [4.78, 5) is 5.73. The predicted octanol–water partition coefficient (Wildman–Crippen LogP) is 4.45. The normalized spacial score (nSPS) is 19.1. The molecule has 0 amide bonds. The molecular formula is C12H10S2. The molecule has 0 N–H and O–H groups in total. The van der Waals surface area contributed by atoms with Crippen LogP contribution in [0.15, 0.2) is 56.0 Å². The largest absolute Gasteiger partial charge is 0.0881 e. The summed E-state index contributed by atoms with van der Waals surface area (Å²) in [6, 6.07) is 8.65. The van der Waals surface area contributed by atoms with Crippen LogP contribution in [0.4, 0.5) is 0 Å². The van der Waals surface area contributed by atoms with Crippen molar-refractivity contribution < 1.29 is 0 Å². The Hall–Kier alpha value is -0.600. The van der Waals surface area contributed by atoms with E-state index in [9.17, 15) is 0 Å². The van der Waals surface area contributed by atoms with E-state index in [2.05, 4.69) is 36.4 Å². The minimum Gasteiger partial charge on any atom is -0.0881 e. The summed E-state index contributed by atoms with van der Waals surface area (Å²) in [5.41, 5.74) is 0. The van der Waals surface area contributed by atoms with E-state index in [1.807, 2.05) is 23.5 Å². The highest BCUT2D eigenvalue weighted by Gasteiger charge is 2.19. The molecule has 1 aromatic carbocycles. The minimum absolute atomic E-state index is 1.20. The smallest absolute Gasteiger partial charge is 0.0262 e. The lowest BCUT2D eigenvalue weighted by Crippen LogP contribution is -1.94. The first-order valence-electron chi connectivity index (χ1n) is 4.79. The fourth-order valence-electron chi connectivity index (χ4n) is 1.67. The van der Waals surface area contributed by atoms with E-state index in [4.69, 9.17) is 0 Å². The topological polar surface area (TPSA) is 0 Å². The van der Waals surface area contributed by atoms with Crippen molar-refractivity contribution in [3.63, 3.8) is 0 Å². The molecule has 2 heteroatoms. The maximum Gasteiger partial charge on any atom is 0.0262 e. The Bertz CT molecular complexity index is 389. The standard InChI is InChI=1S/C12H10S2/c1-2-6-10-9(5-1)13-11-7-3-4-8-12(11)14-10/h1-2,5-8H,3-4H2. The minimum atomic E-state index is 1.20. The third kappa shape index (κ3) is 1.43. The molecule has 1 aliphatic heterocycles. The van der Waals surface area contributed by atoms with Crippen molar-refractivity contribution in [2.24, 2.45) is 0 Å². The highest BCUT2D eigenvalue weighted by Crippen LogP contribution is 2.50. The number of thioether (sulfide) groups is 2. The Kier molecular flexibility index (Phi) is 2.18. The lowest BCUT2D eigenvalue weighted by Gasteiger charge is -2.22. The highest BCUT2D eigenvalue weighted by molar-refractivity contribution is 8.11. The summed E-state index contributed by atoms with van der Waals surface area (Å²) in [6.45, 7) is 0. The van der Waals surface area contributed by atoms with Gasteiger partial charge in [-0.05, 0) is 25.0 Å². The zero-order valence-corrected chi connectivity index (χ0v) is 9.33. The summed E-state index contributed by atoms with van der Waals surface area (Å²) in [5.74, 6) is 0. The molecule has 0 atom stereocenters. The van der Waals surface area contributed by atoms with E-state index in [0.29, 0.717) is 0 Å². The van der Waals surface area contributed by atoms with Crippen molar-refractivity contribution in [2.75, 3.05) is 0 Å². The molecule has 0 saturated heterocycles. The van der Waals surface area contributed by atoms with E-state index in [1.165, 1.54) is 32.4 Å². The third-order valence-electron chi connectivity index (χ3n) is 2.36. The number of fused-ring (bicyclic) bond motifs is 2. The van der Waals surface area contributed by atoms with Crippen molar-refractivity contribution in [2.45, 2.75) is 22.6 Å². The lowest BCUT2D eigenvalue weighted by atomic mass is 10.2. The van der Waals surface area contributed by atoms with Crippen LogP contribution in [0.25, 0.3) is 0 Å². The molecule has 0 bridgehead atoms. The van der Waals surface area contributed by atoms with Gasteiger partial charge in [0.05, 0.1) is 0 Å². The first kappa shape index (κ1) is 8.69. The van der Waals surface area contributed by atoms with Crippen LogP contribution in [0.2, 0.25) is 0 Å². The van der Waals surface area contributed by atoms with E-state index in [-0.39, 0.29) is 0 Å². The summed E-state index contributed by atoms with van der Waals surface area (Å²) in [7, 11) is 0. The van der Waals surface area contributed by atoms with Crippen LogP contribution in [0.1, 0.15) is 12.8 Å². The lowest BCUT2D eigenvalue weighted by molar-refractivity contribution is 1.03. The average molecular weight is 218 g/mol. The number of allylic oxidation sites excluding steroid dienone is 2. The van der Waals surface area contributed by atoms with Gasteiger partial charge in [-0.25, -0.2) is 0 Å². The molecule has 0 spiro atoms. The van der Waals surface area contributed by atoms with Crippen LogP contribution < -0.4 is 0 Å². The second kappa shape index (κ2) is 3.52. The van der Waals surface area contributed by atoms with Gasteiger partial charge in [-0.2, -0.15) is 0 Å². The van der Waals surface area contributed by atoms with Crippen LogP contribution in [-0.2, 0) is 0 Å². The molecule has 0 aromatic heterocycles. The quantitative estimate of drug-likeness (QED) is 0.631. The first-order chi connectivity index (χ1) is 6.93. The second-order valence-electron chi connectivity index (χ2n) is 3.36. The SMILES string of the molecule is C1=C2Sc3ccccc3SC2=CCC1. The van der Waals surface area contributed by atoms with Crippen molar-refractivity contribution >= 4 is 23.5 Å². The van der Waals surface area contributed by atoms with Gasteiger partial charge in [0.25, 0.3) is 0 Å². The molecule has 3 rings (SSSR count). The zero-order valence-electron chi connectivity index (χ0n) is 7.69. The molecule has 1 aliphatic carbocycles. The van der Waals surface area contributed by atoms with Crippen LogP contribution in [0.3, 0.4) is 0 Å². The monoisotopic (exact) mass is 218 g/mol. The summed E-state index contributed by atoms with van der Waals surface area (Å²) < 4.78 is 0. The number of rotatable bonds is 0. The Morgan fingerprint density at radius 2 is 1.29 bits per heavy atom. The highest BCUT2D eigenvalue weighted by atomic mass is 32.2. The van der Waals surface area contributed by atoms with Crippen LogP contribution >= 0.6 is 23.5 Å². The van der Waals surface area contributed by atoms with Crippen molar-refractivity contribution in [3.05, 3.63) is 46.2 Å². The fourth-order valence-corrected chi connectivity index (χ4v) is 4.04. The Balaban J connectivity index is 2.07. The molecule has 0 fully saturated rings. The van der Waals surface area contributed by atoms with Crippen molar-refractivity contribution in [1.82, 2.24) is 0 Å². The van der Waals surface area contributed by atoms with E-state index in [1.54, 1.807) is 0 Å². The number of hydrogen-bond acceptors (Lipinski definition) is 2. The van der Waals surface area contributed by atoms with Gasteiger partial charge in [0, 0.05) is 19.6 Å². The van der Waals surface area contributed by atoms with Crippen molar-refractivity contribution in [3.8, 4) is 0 Å². The van der Waals surface area contributed by atoms with Gasteiger partial charge >= 0.3 is 0 Å². The Morgan fingerprint density at radius 1 is 0.786 bits per heavy atom. The van der Waals surface area contributed by atoms with Gasteiger partial charge in [-0.15, -0.1) is 0 Å². The molecule has 0 saturated carbocycles. The van der Waals surface area contributed by atoms with E-state index >= 15 is 0 Å². The molecule has 1 heterocycles. The fraction of sp³-hybridized carbons (Fsp3) is 0.167. The summed E-state index contributed by atoms with van der Waals surface area (Å²) >= 11 is 3.83. The third-order valence-corrected chi connectivity index (χ3v) is 4.98. The van der Waals surface area contributed by atoms with Gasteiger partial charge in [0.2, 0.25) is 0 Å². The van der Waals surface area contributed by atoms with E-state index in [0.717, 1.165) is 0 Å². The molecule has 14 heavy (non-hydrogen) atoms.